The van der Waals surface area contributed by atoms with E-state index in [0.29, 0.717) is 0 Å². The maximum Gasteiger partial charge on any atom is 0.142 e. The summed E-state index contributed by atoms with van der Waals surface area (Å²) in [4.78, 5) is 0. The highest BCUT2D eigenvalue weighted by Gasteiger charge is 2.17. The normalized spacial score (nSPS) is 10.6. The highest BCUT2D eigenvalue weighted by atomic mass is 16.3. The fourth-order valence-corrected chi connectivity index (χ4v) is 2.88. The summed E-state index contributed by atoms with van der Waals surface area (Å²) in [5.41, 5.74) is 5.68. The van der Waals surface area contributed by atoms with Crippen molar-refractivity contribution in [3.63, 3.8) is 0 Å². The van der Waals surface area contributed by atoms with Gasteiger partial charge in [-0.05, 0) is 11.1 Å². The molecule has 0 N–H and O–H groups in total. The number of rotatable bonds is 3. The van der Waals surface area contributed by atoms with Crippen LogP contribution in [0.5, 0.6) is 0 Å². The van der Waals surface area contributed by atoms with Gasteiger partial charge in [0.05, 0.1) is 6.26 Å². The minimum Gasteiger partial charge on any atom is -0.463 e. The van der Waals surface area contributed by atoms with Crippen molar-refractivity contribution in [2.24, 2.45) is 0 Å². The van der Waals surface area contributed by atoms with E-state index in [-0.39, 0.29) is 0 Å². The molecule has 0 amide bonds. The molecule has 1 heteroatoms. The minimum absolute atomic E-state index is 0.913. The molecule has 1 aromatic heterocycles. The minimum atomic E-state index is 0.913. The van der Waals surface area contributed by atoms with Crippen LogP contribution >= 0.6 is 0 Å². The van der Waals surface area contributed by atoms with Crippen molar-refractivity contribution in [3.05, 3.63) is 97.3 Å². The van der Waals surface area contributed by atoms with Crippen molar-refractivity contribution in [2.75, 3.05) is 0 Å². The Morgan fingerprint density at radius 3 is 1.52 bits per heavy atom. The molecule has 0 fully saturated rings. The largest absolute Gasteiger partial charge is 0.463 e. The highest BCUT2D eigenvalue weighted by molar-refractivity contribution is 5.92. The van der Waals surface area contributed by atoms with E-state index in [0.717, 1.165) is 28.0 Å². The van der Waals surface area contributed by atoms with E-state index in [1.54, 1.807) is 0 Å². The van der Waals surface area contributed by atoms with Crippen LogP contribution in [0.15, 0.2) is 102 Å². The Hall–Kier alpha value is -3.06. The topological polar surface area (TPSA) is 13.1 Å². The van der Waals surface area contributed by atoms with Crippen LogP contribution in [0.2, 0.25) is 0 Å². The van der Waals surface area contributed by atoms with Crippen molar-refractivity contribution in [1.29, 1.82) is 0 Å². The van der Waals surface area contributed by atoms with Crippen LogP contribution in [0, 0.1) is 0 Å². The van der Waals surface area contributed by atoms with E-state index in [4.69, 9.17) is 4.42 Å². The van der Waals surface area contributed by atoms with E-state index in [1.165, 1.54) is 5.56 Å². The van der Waals surface area contributed by atoms with Crippen LogP contribution in [0.3, 0.4) is 0 Å². The number of hydrogen-bond donors (Lipinski definition) is 0. The zero-order valence-electron chi connectivity index (χ0n) is 12.6. The van der Waals surface area contributed by atoms with Gasteiger partial charge in [0.25, 0.3) is 0 Å². The van der Waals surface area contributed by atoms with Crippen LogP contribution in [-0.4, -0.2) is 0 Å². The maximum absolute atomic E-state index is 5.99. The van der Waals surface area contributed by atoms with Gasteiger partial charge in [-0.1, -0.05) is 91.0 Å². The van der Waals surface area contributed by atoms with Crippen molar-refractivity contribution in [1.82, 2.24) is 0 Å². The molecule has 0 aliphatic heterocycles. The lowest BCUT2D eigenvalue weighted by molar-refractivity contribution is 0.584. The zero-order valence-corrected chi connectivity index (χ0v) is 12.6. The quantitative estimate of drug-likeness (QED) is 0.433. The molecule has 3 aromatic carbocycles. The van der Waals surface area contributed by atoms with E-state index < -0.39 is 0 Å². The van der Waals surface area contributed by atoms with Crippen molar-refractivity contribution in [2.45, 2.75) is 0 Å². The summed E-state index contributed by atoms with van der Waals surface area (Å²) >= 11 is 0. The Bertz CT molecular complexity index is 834. The molecule has 0 bridgehead atoms. The predicted octanol–water partition coefficient (Wildman–Crippen LogP) is 6.28. The fourth-order valence-electron chi connectivity index (χ4n) is 2.88. The SMILES string of the molecule is c1ccc(-c2coc(-c3ccccc3)c2-c2ccccc2)cc1. The lowest BCUT2D eigenvalue weighted by atomic mass is 9.95. The molecule has 1 nitrogen and oxygen atoms in total. The first kappa shape index (κ1) is 13.6. The lowest BCUT2D eigenvalue weighted by Gasteiger charge is -2.07. The standard InChI is InChI=1S/C22H16O/c1-4-10-17(11-5-1)20-16-23-22(19-14-8-3-9-15-19)21(20)18-12-6-2-7-13-18/h1-16H. The van der Waals surface area contributed by atoms with Gasteiger partial charge in [-0.3, -0.25) is 0 Å². The summed E-state index contributed by atoms with van der Waals surface area (Å²) in [5, 5.41) is 0. The van der Waals surface area contributed by atoms with E-state index >= 15 is 0 Å². The highest BCUT2D eigenvalue weighted by Crippen LogP contribution is 2.41. The molecular formula is C22H16O. The molecular weight excluding hydrogens is 280 g/mol. The molecule has 0 unspecified atom stereocenters. The van der Waals surface area contributed by atoms with Gasteiger partial charge in [-0.15, -0.1) is 0 Å². The van der Waals surface area contributed by atoms with E-state index in [2.05, 4.69) is 60.7 Å². The van der Waals surface area contributed by atoms with Gasteiger partial charge in [0.2, 0.25) is 0 Å². The molecule has 4 aromatic rings. The molecule has 4 rings (SSSR count). The maximum atomic E-state index is 5.99. The predicted molar refractivity (Wildman–Crippen MR) is 95.0 cm³/mol. The Balaban J connectivity index is 1.97. The average molecular weight is 296 g/mol. The van der Waals surface area contributed by atoms with Gasteiger partial charge in [-0.2, -0.15) is 0 Å². The third kappa shape index (κ3) is 2.58. The second-order valence-electron chi connectivity index (χ2n) is 5.45. The summed E-state index contributed by atoms with van der Waals surface area (Å²) in [6, 6.07) is 31.1. The summed E-state index contributed by atoms with van der Waals surface area (Å²) in [6.45, 7) is 0. The monoisotopic (exact) mass is 296 g/mol. The van der Waals surface area contributed by atoms with E-state index in [1.807, 2.05) is 36.6 Å². The number of furan rings is 1. The Kier molecular flexibility index (Phi) is 3.53. The van der Waals surface area contributed by atoms with Gasteiger partial charge in [-0.25, -0.2) is 0 Å². The molecule has 110 valence electrons. The molecule has 23 heavy (non-hydrogen) atoms. The summed E-state index contributed by atoms with van der Waals surface area (Å²) in [7, 11) is 0. The van der Waals surface area contributed by atoms with Crippen molar-refractivity contribution in [3.8, 4) is 33.6 Å². The molecule has 0 atom stereocenters. The van der Waals surface area contributed by atoms with Gasteiger partial charge in [0.1, 0.15) is 5.76 Å². The molecule has 0 saturated heterocycles. The smallest absolute Gasteiger partial charge is 0.142 e. The van der Waals surface area contributed by atoms with Gasteiger partial charge < -0.3 is 4.42 Å². The third-order valence-corrected chi connectivity index (χ3v) is 3.97. The van der Waals surface area contributed by atoms with Crippen molar-refractivity contribution >= 4 is 0 Å². The van der Waals surface area contributed by atoms with Gasteiger partial charge in [0, 0.05) is 16.7 Å². The molecule has 0 aliphatic rings. The second kappa shape index (κ2) is 5.98. The average Bonchev–Trinajstić information content (AvgIpc) is 3.09. The van der Waals surface area contributed by atoms with E-state index in [9.17, 15) is 0 Å². The number of hydrogen-bond acceptors (Lipinski definition) is 1. The first-order chi connectivity index (χ1) is 11.4. The van der Waals surface area contributed by atoms with Crippen LogP contribution < -0.4 is 0 Å². The fraction of sp³-hybridized carbons (Fsp3) is 0. The molecule has 0 aliphatic carbocycles. The summed E-state index contributed by atoms with van der Waals surface area (Å²) in [5.74, 6) is 0.913. The van der Waals surface area contributed by atoms with Crippen LogP contribution in [0.25, 0.3) is 33.6 Å². The molecule has 0 spiro atoms. The van der Waals surface area contributed by atoms with Crippen molar-refractivity contribution < 1.29 is 4.42 Å². The van der Waals surface area contributed by atoms with Gasteiger partial charge in [0.15, 0.2) is 0 Å². The first-order valence-electron chi connectivity index (χ1n) is 7.71. The summed E-state index contributed by atoms with van der Waals surface area (Å²) in [6.07, 6.45) is 1.86. The Morgan fingerprint density at radius 1 is 0.478 bits per heavy atom. The Morgan fingerprint density at radius 2 is 0.957 bits per heavy atom. The van der Waals surface area contributed by atoms with Crippen LogP contribution in [-0.2, 0) is 0 Å². The molecule has 1 heterocycles. The van der Waals surface area contributed by atoms with Crippen LogP contribution in [0.1, 0.15) is 0 Å². The number of benzene rings is 3. The summed E-state index contributed by atoms with van der Waals surface area (Å²) < 4.78 is 5.99. The van der Waals surface area contributed by atoms with Gasteiger partial charge >= 0.3 is 0 Å². The zero-order chi connectivity index (χ0) is 15.5. The molecule has 0 saturated carbocycles. The Labute approximate surface area is 135 Å². The lowest BCUT2D eigenvalue weighted by Crippen LogP contribution is -1.83. The second-order valence-corrected chi connectivity index (χ2v) is 5.45. The third-order valence-electron chi connectivity index (χ3n) is 3.97. The first-order valence-corrected chi connectivity index (χ1v) is 7.71. The molecule has 0 radical (unpaired) electrons. The van der Waals surface area contributed by atoms with Crippen LogP contribution in [0.4, 0.5) is 0 Å².